The van der Waals surface area contributed by atoms with E-state index in [-0.39, 0.29) is 6.23 Å². The van der Waals surface area contributed by atoms with Gasteiger partial charge in [0.1, 0.15) is 5.75 Å². The largest absolute Gasteiger partial charge is 0.466 e. The molecule has 19 heavy (non-hydrogen) atoms. The van der Waals surface area contributed by atoms with Gasteiger partial charge in [0.25, 0.3) is 0 Å². The summed E-state index contributed by atoms with van der Waals surface area (Å²) in [4.78, 5) is 4.09. The van der Waals surface area contributed by atoms with Crippen molar-refractivity contribution in [3.05, 3.63) is 84.9 Å². The van der Waals surface area contributed by atoms with E-state index in [2.05, 4.69) is 4.98 Å². The number of para-hydroxylation sites is 1. The molecule has 3 heteroatoms. The maximum absolute atomic E-state index is 6.07. The molecule has 1 heterocycles. The van der Waals surface area contributed by atoms with Gasteiger partial charge in [-0.3, -0.25) is 4.57 Å². The third kappa shape index (κ3) is 2.65. The average molecular weight is 250 g/mol. The van der Waals surface area contributed by atoms with E-state index in [1.165, 1.54) is 0 Å². The maximum atomic E-state index is 6.07. The lowest BCUT2D eigenvalue weighted by Gasteiger charge is -2.20. The lowest BCUT2D eigenvalue weighted by molar-refractivity contribution is 0.174. The zero-order valence-electron chi connectivity index (χ0n) is 10.4. The molecule has 0 saturated carbocycles. The van der Waals surface area contributed by atoms with Gasteiger partial charge >= 0.3 is 0 Å². The Morgan fingerprint density at radius 3 is 2.21 bits per heavy atom. The first-order valence-corrected chi connectivity index (χ1v) is 6.17. The molecule has 0 N–H and O–H groups in total. The number of benzene rings is 2. The van der Waals surface area contributed by atoms with Crippen LogP contribution in [0.2, 0.25) is 0 Å². The highest BCUT2D eigenvalue weighted by molar-refractivity contribution is 5.24. The van der Waals surface area contributed by atoms with Crippen LogP contribution in [-0.4, -0.2) is 9.55 Å². The molecule has 1 aromatic heterocycles. The number of ether oxygens (including phenoxy) is 1. The van der Waals surface area contributed by atoms with E-state index in [0.717, 1.165) is 11.3 Å². The molecule has 0 fully saturated rings. The van der Waals surface area contributed by atoms with Gasteiger partial charge in [0.15, 0.2) is 0 Å². The molecule has 0 saturated heterocycles. The van der Waals surface area contributed by atoms with E-state index >= 15 is 0 Å². The summed E-state index contributed by atoms with van der Waals surface area (Å²) in [7, 11) is 0. The first-order chi connectivity index (χ1) is 9.43. The van der Waals surface area contributed by atoms with Crippen LogP contribution in [0, 0.1) is 0 Å². The molecule has 3 rings (SSSR count). The first kappa shape index (κ1) is 11.5. The van der Waals surface area contributed by atoms with Gasteiger partial charge in [0.05, 0.1) is 6.33 Å². The second-order valence-corrected chi connectivity index (χ2v) is 4.20. The summed E-state index contributed by atoms with van der Waals surface area (Å²) < 4.78 is 8.01. The van der Waals surface area contributed by atoms with Gasteiger partial charge in [0, 0.05) is 18.0 Å². The van der Waals surface area contributed by atoms with Crippen molar-refractivity contribution in [2.24, 2.45) is 0 Å². The minimum atomic E-state index is -0.203. The standard InChI is InChI=1S/C16H14N2O/c1-3-7-14(8-4-1)16(18-12-11-17-13-18)19-15-9-5-2-6-10-15/h1-13,16H. The predicted molar refractivity (Wildman–Crippen MR) is 73.9 cm³/mol. The van der Waals surface area contributed by atoms with Gasteiger partial charge in [-0.25, -0.2) is 4.98 Å². The van der Waals surface area contributed by atoms with E-state index in [0.29, 0.717) is 0 Å². The smallest absolute Gasteiger partial charge is 0.203 e. The highest BCUT2D eigenvalue weighted by Crippen LogP contribution is 2.23. The fraction of sp³-hybridized carbons (Fsp3) is 0.0625. The van der Waals surface area contributed by atoms with Crippen LogP contribution in [0.25, 0.3) is 0 Å². The van der Waals surface area contributed by atoms with Crippen LogP contribution in [0.15, 0.2) is 79.4 Å². The normalized spacial score (nSPS) is 12.0. The minimum absolute atomic E-state index is 0.203. The molecular weight excluding hydrogens is 236 g/mol. The summed E-state index contributed by atoms with van der Waals surface area (Å²) in [5, 5.41) is 0. The van der Waals surface area contributed by atoms with Gasteiger partial charge in [-0.05, 0) is 12.1 Å². The van der Waals surface area contributed by atoms with Crippen LogP contribution >= 0.6 is 0 Å². The Balaban J connectivity index is 1.94. The highest BCUT2D eigenvalue weighted by atomic mass is 16.5. The molecule has 0 aliphatic carbocycles. The molecule has 0 aliphatic rings. The third-order valence-corrected chi connectivity index (χ3v) is 2.87. The van der Waals surface area contributed by atoms with Crippen LogP contribution in [0.5, 0.6) is 5.75 Å². The molecule has 3 nitrogen and oxygen atoms in total. The predicted octanol–water partition coefficient (Wildman–Crippen LogP) is 3.51. The van der Waals surface area contributed by atoms with Crippen molar-refractivity contribution in [1.82, 2.24) is 9.55 Å². The van der Waals surface area contributed by atoms with E-state index in [9.17, 15) is 0 Å². The van der Waals surface area contributed by atoms with Crippen molar-refractivity contribution < 1.29 is 4.74 Å². The fourth-order valence-corrected chi connectivity index (χ4v) is 1.95. The minimum Gasteiger partial charge on any atom is -0.466 e. The Bertz CT molecular complexity index is 606. The number of nitrogens with zero attached hydrogens (tertiary/aromatic N) is 2. The van der Waals surface area contributed by atoms with Crippen molar-refractivity contribution in [3.8, 4) is 5.75 Å². The van der Waals surface area contributed by atoms with Crippen LogP contribution < -0.4 is 4.74 Å². The molecule has 94 valence electrons. The fourth-order valence-electron chi connectivity index (χ4n) is 1.95. The quantitative estimate of drug-likeness (QED) is 0.708. The number of hydrogen-bond acceptors (Lipinski definition) is 2. The topological polar surface area (TPSA) is 27.1 Å². The van der Waals surface area contributed by atoms with Crippen molar-refractivity contribution in [2.45, 2.75) is 6.23 Å². The van der Waals surface area contributed by atoms with Crippen molar-refractivity contribution in [1.29, 1.82) is 0 Å². The Labute approximate surface area is 112 Å². The monoisotopic (exact) mass is 250 g/mol. The zero-order chi connectivity index (χ0) is 12.9. The molecule has 3 aromatic rings. The van der Waals surface area contributed by atoms with Crippen LogP contribution in [-0.2, 0) is 0 Å². The lowest BCUT2D eigenvalue weighted by atomic mass is 10.2. The first-order valence-electron chi connectivity index (χ1n) is 6.17. The van der Waals surface area contributed by atoms with Crippen LogP contribution in [0.1, 0.15) is 11.8 Å². The number of rotatable bonds is 4. The van der Waals surface area contributed by atoms with Crippen molar-refractivity contribution >= 4 is 0 Å². The third-order valence-electron chi connectivity index (χ3n) is 2.87. The van der Waals surface area contributed by atoms with Gasteiger partial charge in [-0.1, -0.05) is 48.5 Å². The molecule has 0 radical (unpaired) electrons. The van der Waals surface area contributed by atoms with E-state index in [4.69, 9.17) is 4.74 Å². The van der Waals surface area contributed by atoms with Gasteiger partial charge in [-0.2, -0.15) is 0 Å². The molecule has 0 spiro atoms. The summed E-state index contributed by atoms with van der Waals surface area (Å²) in [6.07, 6.45) is 5.22. The number of hydrogen-bond donors (Lipinski definition) is 0. The molecule has 0 bridgehead atoms. The summed E-state index contributed by atoms with van der Waals surface area (Å²) in [5.74, 6) is 0.838. The van der Waals surface area contributed by atoms with E-state index < -0.39 is 0 Å². The highest BCUT2D eigenvalue weighted by Gasteiger charge is 2.14. The summed E-state index contributed by atoms with van der Waals surface area (Å²) in [6, 6.07) is 19.9. The second-order valence-electron chi connectivity index (χ2n) is 4.20. The van der Waals surface area contributed by atoms with Crippen molar-refractivity contribution in [2.75, 3.05) is 0 Å². The Hall–Kier alpha value is -2.55. The van der Waals surface area contributed by atoms with Gasteiger partial charge < -0.3 is 4.74 Å². The zero-order valence-corrected chi connectivity index (χ0v) is 10.4. The molecule has 0 aliphatic heterocycles. The Morgan fingerprint density at radius 1 is 0.895 bits per heavy atom. The molecule has 2 aromatic carbocycles. The SMILES string of the molecule is c1ccc(OC(c2ccccc2)n2ccnc2)cc1. The average Bonchev–Trinajstić information content (AvgIpc) is 3.01. The Morgan fingerprint density at radius 2 is 1.58 bits per heavy atom. The van der Waals surface area contributed by atoms with E-state index in [1.807, 2.05) is 71.4 Å². The molecule has 1 atom stereocenters. The lowest BCUT2D eigenvalue weighted by Crippen LogP contribution is -2.15. The molecule has 0 amide bonds. The maximum Gasteiger partial charge on any atom is 0.203 e. The second kappa shape index (κ2) is 5.40. The van der Waals surface area contributed by atoms with Crippen LogP contribution in [0.4, 0.5) is 0 Å². The summed E-state index contributed by atoms with van der Waals surface area (Å²) >= 11 is 0. The molecular formula is C16H14N2O. The van der Waals surface area contributed by atoms with E-state index in [1.54, 1.807) is 12.5 Å². The summed E-state index contributed by atoms with van der Waals surface area (Å²) in [5.41, 5.74) is 1.09. The number of imidazole rings is 1. The molecule has 1 unspecified atom stereocenters. The van der Waals surface area contributed by atoms with Crippen molar-refractivity contribution in [3.63, 3.8) is 0 Å². The van der Waals surface area contributed by atoms with Gasteiger partial charge in [0.2, 0.25) is 6.23 Å². The van der Waals surface area contributed by atoms with Gasteiger partial charge in [-0.15, -0.1) is 0 Å². The Kier molecular flexibility index (Phi) is 3.28. The number of aromatic nitrogens is 2. The summed E-state index contributed by atoms with van der Waals surface area (Å²) in [6.45, 7) is 0. The van der Waals surface area contributed by atoms with Crippen LogP contribution in [0.3, 0.4) is 0 Å².